The van der Waals surface area contributed by atoms with Crippen LogP contribution in [-0.2, 0) is 0 Å². The Bertz CT molecular complexity index is 3860. The normalized spacial score (nSPS) is 11.8. The standard InChI is InChI=1S/C66H46N2Si/c1-6-18-47(19-7-1)49-30-36-53(37-31-49)67-63-29-17-16-28-59(63)61-44-51(34-42-64(61)67)52-35-43-65-62(45-52)60-41-40-58(46-66(60)68(65)54-38-32-50(33-39-54)48-20-8-2-9-21-48)69(55-22-10-3-11-23-55,56-24-12-4-13-25-56)57-26-14-5-15-27-57/h1-46H. The lowest BCUT2D eigenvalue weighted by Gasteiger charge is -2.34. The predicted molar refractivity (Wildman–Crippen MR) is 295 cm³/mol. The fraction of sp³-hybridized carbons (Fsp3) is 0. The zero-order valence-corrected chi connectivity index (χ0v) is 39.0. The molecular weight excluding hydrogens is 849 g/mol. The molecule has 69 heavy (non-hydrogen) atoms. The van der Waals surface area contributed by atoms with Crippen molar-refractivity contribution < 1.29 is 0 Å². The molecule has 0 bridgehead atoms. The molecule has 13 rings (SSSR count). The van der Waals surface area contributed by atoms with E-state index < -0.39 is 8.07 Å². The second kappa shape index (κ2) is 16.8. The summed E-state index contributed by atoms with van der Waals surface area (Å²) in [4.78, 5) is 0. The van der Waals surface area contributed by atoms with Gasteiger partial charge in [-0.05, 0) is 115 Å². The van der Waals surface area contributed by atoms with E-state index in [1.54, 1.807) is 0 Å². The van der Waals surface area contributed by atoms with Gasteiger partial charge in [0.15, 0.2) is 8.07 Å². The smallest absolute Gasteiger partial charge is 0.179 e. The third kappa shape index (κ3) is 6.78. The summed E-state index contributed by atoms with van der Waals surface area (Å²) in [6, 6.07) is 103. The molecular formula is C66H46N2Si. The second-order valence-electron chi connectivity index (χ2n) is 18.1. The molecule has 0 radical (unpaired) electrons. The van der Waals surface area contributed by atoms with Crippen LogP contribution < -0.4 is 20.7 Å². The van der Waals surface area contributed by atoms with E-state index >= 15 is 0 Å². The van der Waals surface area contributed by atoms with Crippen molar-refractivity contribution in [3.05, 3.63) is 279 Å². The molecule has 2 aromatic heterocycles. The highest BCUT2D eigenvalue weighted by molar-refractivity contribution is 7.20. The van der Waals surface area contributed by atoms with Crippen LogP contribution in [0.1, 0.15) is 0 Å². The van der Waals surface area contributed by atoms with Crippen molar-refractivity contribution in [1.29, 1.82) is 0 Å². The van der Waals surface area contributed by atoms with E-state index in [4.69, 9.17) is 0 Å². The average molecular weight is 895 g/mol. The number of hydrogen-bond acceptors (Lipinski definition) is 0. The van der Waals surface area contributed by atoms with Gasteiger partial charge in [-0.2, -0.15) is 0 Å². The number of hydrogen-bond donors (Lipinski definition) is 0. The predicted octanol–water partition coefficient (Wildman–Crippen LogP) is 14.3. The van der Waals surface area contributed by atoms with Gasteiger partial charge in [-0.3, -0.25) is 0 Å². The highest BCUT2D eigenvalue weighted by atomic mass is 28.3. The van der Waals surface area contributed by atoms with E-state index in [0.29, 0.717) is 0 Å². The number of rotatable bonds is 9. The first kappa shape index (κ1) is 40.5. The molecule has 3 heteroatoms. The van der Waals surface area contributed by atoms with Gasteiger partial charge in [0.1, 0.15) is 0 Å². The fourth-order valence-corrected chi connectivity index (χ4v) is 15.8. The van der Waals surface area contributed by atoms with Crippen molar-refractivity contribution in [3.8, 4) is 44.8 Å². The molecule has 0 saturated heterocycles. The van der Waals surface area contributed by atoms with E-state index in [2.05, 4.69) is 288 Å². The largest absolute Gasteiger partial charge is 0.309 e. The van der Waals surface area contributed by atoms with Crippen molar-refractivity contribution in [1.82, 2.24) is 9.13 Å². The zero-order valence-electron chi connectivity index (χ0n) is 38.0. The minimum atomic E-state index is -2.81. The van der Waals surface area contributed by atoms with Crippen LogP contribution in [0.5, 0.6) is 0 Å². The third-order valence-corrected chi connectivity index (χ3v) is 19.1. The maximum Gasteiger partial charge on any atom is 0.179 e. The SMILES string of the molecule is c1ccc(-c2ccc(-n3c4ccccc4c4cc(-c5ccc6c(c5)c5ccc([Si](c7ccccc7)(c7ccccc7)c7ccccc7)cc5n6-c5ccc(-c6ccccc6)cc5)ccc43)cc2)cc1. The minimum absolute atomic E-state index is 1.14. The Morgan fingerprint density at radius 2 is 0.551 bits per heavy atom. The molecule has 0 amide bonds. The maximum atomic E-state index is 2.52. The van der Waals surface area contributed by atoms with Crippen molar-refractivity contribution in [2.75, 3.05) is 0 Å². The molecule has 0 spiro atoms. The Hall–Kier alpha value is -8.76. The molecule has 0 N–H and O–H groups in total. The lowest BCUT2D eigenvalue weighted by molar-refractivity contribution is 1.18. The van der Waals surface area contributed by atoms with Crippen molar-refractivity contribution in [2.45, 2.75) is 0 Å². The van der Waals surface area contributed by atoms with Crippen molar-refractivity contribution in [2.24, 2.45) is 0 Å². The summed E-state index contributed by atoms with van der Waals surface area (Å²) in [6.45, 7) is 0. The first-order chi connectivity index (χ1) is 34.2. The first-order valence-corrected chi connectivity index (χ1v) is 25.8. The first-order valence-electron chi connectivity index (χ1n) is 23.8. The van der Waals surface area contributed by atoms with Gasteiger partial charge in [0.05, 0.1) is 22.1 Å². The number of nitrogens with zero attached hydrogens (tertiary/aromatic N) is 2. The van der Waals surface area contributed by atoms with Gasteiger partial charge in [0.25, 0.3) is 0 Å². The van der Waals surface area contributed by atoms with Crippen LogP contribution in [0.2, 0.25) is 0 Å². The summed E-state index contributed by atoms with van der Waals surface area (Å²) < 4.78 is 4.90. The summed E-state index contributed by atoms with van der Waals surface area (Å²) in [5.74, 6) is 0. The topological polar surface area (TPSA) is 9.86 Å². The van der Waals surface area contributed by atoms with Gasteiger partial charge in [-0.1, -0.05) is 218 Å². The molecule has 0 aliphatic carbocycles. The monoisotopic (exact) mass is 894 g/mol. The lowest BCUT2D eigenvalue weighted by atomic mass is 10.0. The Labute approximate surface area is 403 Å². The van der Waals surface area contributed by atoms with Gasteiger partial charge < -0.3 is 9.13 Å². The molecule has 0 saturated carbocycles. The molecule has 0 unspecified atom stereocenters. The molecule has 0 aliphatic rings. The molecule has 0 aliphatic heterocycles. The molecule has 13 aromatic rings. The van der Waals surface area contributed by atoms with Crippen LogP contribution in [0.3, 0.4) is 0 Å². The van der Waals surface area contributed by atoms with Crippen LogP contribution in [0.15, 0.2) is 279 Å². The van der Waals surface area contributed by atoms with Crippen molar-refractivity contribution >= 4 is 72.4 Å². The molecule has 2 nitrogen and oxygen atoms in total. The Balaban J connectivity index is 1.01. The summed E-state index contributed by atoms with van der Waals surface area (Å²) in [6.07, 6.45) is 0. The van der Waals surface area contributed by atoms with Crippen LogP contribution in [-0.4, -0.2) is 17.2 Å². The summed E-state index contributed by atoms with van der Waals surface area (Å²) in [5.41, 5.74) is 14.3. The van der Waals surface area contributed by atoms with Gasteiger partial charge >= 0.3 is 0 Å². The summed E-state index contributed by atoms with van der Waals surface area (Å²) >= 11 is 0. The van der Waals surface area contributed by atoms with Crippen LogP contribution >= 0.6 is 0 Å². The van der Waals surface area contributed by atoms with E-state index in [-0.39, 0.29) is 0 Å². The third-order valence-electron chi connectivity index (χ3n) is 14.3. The van der Waals surface area contributed by atoms with Crippen LogP contribution in [0.4, 0.5) is 0 Å². The highest BCUT2D eigenvalue weighted by Crippen LogP contribution is 2.39. The minimum Gasteiger partial charge on any atom is -0.309 e. The Morgan fingerprint density at radius 3 is 1.01 bits per heavy atom. The van der Waals surface area contributed by atoms with E-state index in [0.717, 1.165) is 11.4 Å². The molecule has 0 atom stereocenters. The van der Waals surface area contributed by atoms with E-state index in [1.165, 1.54) is 97.7 Å². The van der Waals surface area contributed by atoms with Gasteiger partial charge in [0.2, 0.25) is 0 Å². The fourth-order valence-electron chi connectivity index (χ4n) is 11.1. The summed E-state index contributed by atoms with van der Waals surface area (Å²) in [7, 11) is -2.81. The second-order valence-corrected chi connectivity index (χ2v) is 21.9. The number of fused-ring (bicyclic) bond motifs is 6. The lowest BCUT2D eigenvalue weighted by Crippen LogP contribution is -2.74. The average Bonchev–Trinajstić information content (AvgIpc) is 3.94. The molecule has 324 valence electrons. The van der Waals surface area contributed by atoms with Crippen LogP contribution in [0.25, 0.3) is 88.4 Å². The number of benzene rings is 11. The van der Waals surface area contributed by atoms with Gasteiger partial charge in [0, 0.05) is 32.9 Å². The summed E-state index contributed by atoms with van der Waals surface area (Å²) in [5, 5.41) is 10.4. The Kier molecular flexibility index (Phi) is 9.88. The molecule has 0 fully saturated rings. The number of aromatic nitrogens is 2. The van der Waals surface area contributed by atoms with E-state index in [9.17, 15) is 0 Å². The van der Waals surface area contributed by atoms with Crippen LogP contribution in [0, 0.1) is 0 Å². The van der Waals surface area contributed by atoms with E-state index in [1.807, 2.05) is 0 Å². The maximum absolute atomic E-state index is 2.81. The van der Waals surface area contributed by atoms with Crippen molar-refractivity contribution in [3.63, 3.8) is 0 Å². The van der Waals surface area contributed by atoms with Gasteiger partial charge in [-0.15, -0.1) is 0 Å². The van der Waals surface area contributed by atoms with Gasteiger partial charge in [-0.25, -0.2) is 0 Å². The molecule has 11 aromatic carbocycles. The zero-order chi connectivity index (χ0) is 45.7. The quantitative estimate of drug-likeness (QED) is 0.101. The number of para-hydroxylation sites is 1. The highest BCUT2D eigenvalue weighted by Gasteiger charge is 2.41. The Morgan fingerprint density at radius 1 is 0.203 bits per heavy atom. The molecule has 2 heterocycles.